The van der Waals surface area contributed by atoms with Gasteiger partial charge in [-0.1, -0.05) is 97.1 Å². The third-order valence-electron chi connectivity index (χ3n) is 9.34. The Hall–Kier alpha value is -5.64. The zero-order chi connectivity index (χ0) is 29.5. The fraction of sp³-hybridized carbons (Fsp3) is 0. The molecule has 0 aliphatic heterocycles. The minimum atomic E-state index is 1.17. The first-order valence-corrected chi connectivity index (χ1v) is 16.2. The largest absolute Gasteiger partial charge is 0.309 e. The van der Waals surface area contributed by atoms with E-state index in [1.54, 1.807) is 0 Å². The first-order valence-electron chi connectivity index (χ1n) is 15.4. The first-order chi connectivity index (χ1) is 22.3. The highest BCUT2D eigenvalue weighted by Crippen LogP contribution is 2.43. The van der Waals surface area contributed by atoms with Crippen LogP contribution in [0.1, 0.15) is 0 Å². The maximum atomic E-state index is 2.42. The Morgan fingerprint density at radius 3 is 1.38 bits per heavy atom. The molecule has 3 aromatic heterocycles. The Bertz CT molecular complexity index is 2690. The molecule has 210 valence electrons. The number of thiophene rings is 1. The van der Waals surface area contributed by atoms with Gasteiger partial charge in [-0.2, -0.15) is 0 Å². The third-order valence-corrected chi connectivity index (χ3v) is 10.5. The van der Waals surface area contributed by atoms with Crippen LogP contribution >= 0.6 is 11.3 Å². The van der Waals surface area contributed by atoms with Crippen molar-refractivity contribution in [2.45, 2.75) is 0 Å². The monoisotopic (exact) mass is 590 g/mol. The molecule has 0 amide bonds. The average molecular weight is 591 g/mol. The maximum Gasteiger partial charge on any atom is 0.0548 e. The van der Waals surface area contributed by atoms with Gasteiger partial charge >= 0.3 is 0 Å². The number of fused-ring (bicyclic) bond motifs is 10. The van der Waals surface area contributed by atoms with Crippen LogP contribution in [-0.2, 0) is 0 Å². The van der Waals surface area contributed by atoms with Crippen LogP contribution in [0.15, 0.2) is 158 Å². The second-order valence-corrected chi connectivity index (χ2v) is 12.8. The van der Waals surface area contributed by atoms with Crippen molar-refractivity contribution in [3.05, 3.63) is 158 Å². The summed E-state index contributed by atoms with van der Waals surface area (Å²) in [6.45, 7) is 0. The number of rotatable bonds is 3. The predicted octanol–water partition coefficient (Wildman–Crippen LogP) is 11.9. The molecule has 3 heteroatoms. The number of aromatic nitrogens is 2. The van der Waals surface area contributed by atoms with Gasteiger partial charge in [0.2, 0.25) is 0 Å². The third kappa shape index (κ3) is 3.56. The van der Waals surface area contributed by atoms with Gasteiger partial charge in [-0.15, -0.1) is 11.3 Å². The molecule has 0 N–H and O–H groups in total. The molecule has 2 nitrogen and oxygen atoms in total. The maximum absolute atomic E-state index is 2.42. The molecule has 0 fully saturated rings. The molecule has 0 atom stereocenters. The molecule has 0 aliphatic rings. The first kappa shape index (κ1) is 24.8. The minimum Gasteiger partial charge on any atom is -0.309 e. The van der Waals surface area contributed by atoms with Crippen molar-refractivity contribution >= 4 is 75.1 Å². The molecule has 0 unspecified atom stereocenters. The Morgan fingerprint density at radius 2 is 0.778 bits per heavy atom. The van der Waals surface area contributed by atoms with Crippen LogP contribution in [0.25, 0.3) is 86.3 Å². The molecule has 7 aromatic carbocycles. The van der Waals surface area contributed by atoms with Gasteiger partial charge in [0.1, 0.15) is 0 Å². The topological polar surface area (TPSA) is 9.86 Å². The van der Waals surface area contributed by atoms with Gasteiger partial charge < -0.3 is 9.13 Å². The standard InChI is InChI=1S/C42H26N2S/c1-5-13-35-31(9-1)32-10-2-6-14-36(32)43(35)29-21-17-27(18-22-29)28-19-23-30(24-20-28)44-37-15-7-3-11-33(37)41-38(44)25-26-40-42(41)34-12-4-8-16-39(34)45-40/h1-26H. The summed E-state index contributed by atoms with van der Waals surface area (Å²) in [5.41, 5.74) is 9.70. The molecule has 0 bridgehead atoms. The van der Waals surface area contributed by atoms with Gasteiger partial charge in [0, 0.05) is 53.1 Å². The SMILES string of the molecule is c1ccc2c(c1)sc1ccc3c(c4ccccc4n3-c3ccc(-c4ccc(-n5c6ccccc6c6ccccc65)cc4)cc3)c12. The highest BCUT2D eigenvalue weighted by atomic mass is 32.1. The van der Waals surface area contributed by atoms with E-state index in [-0.39, 0.29) is 0 Å². The molecule has 0 saturated carbocycles. The summed E-state index contributed by atoms with van der Waals surface area (Å²) < 4.78 is 7.47. The number of para-hydroxylation sites is 3. The van der Waals surface area contributed by atoms with E-state index in [9.17, 15) is 0 Å². The van der Waals surface area contributed by atoms with Crippen LogP contribution in [0, 0.1) is 0 Å². The van der Waals surface area contributed by atoms with Gasteiger partial charge in [0.25, 0.3) is 0 Å². The Labute approximate surface area is 263 Å². The van der Waals surface area contributed by atoms with Gasteiger partial charge in [0.15, 0.2) is 0 Å². The van der Waals surface area contributed by atoms with E-state index in [0.717, 1.165) is 0 Å². The van der Waals surface area contributed by atoms with Crippen LogP contribution in [0.2, 0.25) is 0 Å². The predicted molar refractivity (Wildman–Crippen MR) is 193 cm³/mol. The number of hydrogen-bond donors (Lipinski definition) is 0. The van der Waals surface area contributed by atoms with E-state index in [2.05, 4.69) is 167 Å². The van der Waals surface area contributed by atoms with E-state index >= 15 is 0 Å². The van der Waals surface area contributed by atoms with Crippen LogP contribution in [0.3, 0.4) is 0 Å². The zero-order valence-corrected chi connectivity index (χ0v) is 25.1. The smallest absolute Gasteiger partial charge is 0.0548 e. The van der Waals surface area contributed by atoms with E-state index in [0.29, 0.717) is 0 Å². The lowest BCUT2D eigenvalue weighted by Gasteiger charge is -2.11. The minimum absolute atomic E-state index is 1.17. The molecule has 3 heterocycles. The molecule has 10 aromatic rings. The Morgan fingerprint density at radius 1 is 0.311 bits per heavy atom. The van der Waals surface area contributed by atoms with Crippen molar-refractivity contribution in [3.8, 4) is 22.5 Å². The number of benzene rings is 7. The van der Waals surface area contributed by atoms with Crippen LogP contribution in [0.5, 0.6) is 0 Å². The Kier molecular flexibility index (Phi) is 5.19. The summed E-state index contributed by atoms with van der Waals surface area (Å²) in [5, 5.41) is 7.90. The highest BCUT2D eigenvalue weighted by molar-refractivity contribution is 7.26. The summed E-state index contributed by atoms with van der Waals surface area (Å²) in [6, 6.07) is 57.5. The summed E-state index contributed by atoms with van der Waals surface area (Å²) in [7, 11) is 0. The molecule has 0 aliphatic carbocycles. The number of hydrogen-bond acceptors (Lipinski definition) is 1. The summed E-state index contributed by atoms with van der Waals surface area (Å²) in [5.74, 6) is 0. The molecule has 0 spiro atoms. The summed E-state index contributed by atoms with van der Waals surface area (Å²) >= 11 is 1.88. The van der Waals surface area contributed by atoms with E-state index < -0.39 is 0 Å². The molecule has 0 radical (unpaired) electrons. The van der Waals surface area contributed by atoms with Gasteiger partial charge in [0.05, 0.1) is 22.1 Å². The fourth-order valence-electron chi connectivity index (χ4n) is 7.36. The van der Waals surface area contributed by atoms with Crippen molar-refractivity contribution in [2.75, 3.05) is 0 Å². The van der Waals surface area contributed by atoms with E-state index in [4.69, 9.17) is 0 Å². The lowest BCUT2D eigenvalue weighted by Crippen LogP contribution is -1.94. The van der Waals surface area contributed by atoms with E-state index in [1.165, 1.54) is 86.3 Å². The molecular formula is C42H26N2S. The summed E-state index contributed by atoms with van der Waals surface area (Å²) in [6.07, 6.45) is 0. The van der Waals surface area contributed by atoms with Crippen molar-refractivity contribution in [1.82, 2.24) is 9.13 Å². The molecule has 10 rings (SSSR count). The second kappa shape index (κ2) is 9.43. The fourth-order valence-corrected chi connectivity index (χ4v) is 8.47. The Balaban J connectivity index is 1.08. The van der Waals surface area contributed by atoms with Crippen molar-refractivity contribution < 1.29 is 0 Å². The molecular weight excluding hydrogens is 565 g/mol. The lowest BCUT2D eigenvalue weighted by molar-refractivity contribution is 1.18. The van der Waals surface area contributed by atoms with Crippen molar-refractivity contribution in [3.63, 3.8) is 0 Å². The summed E-state index contributed by atoms with van der Waals surface area (Å²) in [4.78, 5) is 0. The van der Waals surface area contributed by atoms with Crippen LogP contribution < -0.4 is 0 Å². The van der Waals surface area contributed by atoms with Gasteiger partial charge in [-0.3, -0.25) is 0 Å². The van der Waals surface area contributed by atoms with Crippen LogP contribution in [-0.4, -0.2) is 9.13 Å². The van der Waals surface area contributed by atoms with Crippen LogP contribution in [0.4, 0.5) is 0 Å². The zero-order valence-electron chi connectivity index (χ0n) is 24.3. The highest BCUT2D eigenvalue weighted by Gasteiger charge is 2.18. The lowest BCUT2D eigenvalue weighted by atomic mass is 10.0. The average Bonchev–Trinajstić information content (AvgIpc) is 3.76. The van der Waals surface area contributed by atoms with Gasteiger partial charge in [-0.05, 0) is 71.8 Å². The second-order valence-electron chi connectivity index (χ2n) is 11.7. The normalized spacial score (nSPS) is 12.0. The van der Waals surface area contributed by atoms with E-state index in [1.807, 2.05) is 11.3 Å². The van der Waals surface area contributed by atoms with Crippen molar-refractivity contribution in [2.24, 2.45) is 0 Å². The van der Waals surface area contributed by atoms with Gasteiger partial charge in [-0.25, -0.2) is 0 Å². The quantitative estimate of drug-likeness (QED) is 0.194. The van der Waals surface area contributed by atoms with Crippen molar-refractivity contribution in [1.29, 1.82) is 0 Å². The molecule has 0 saturated heterocycles. The number of nitrogens with zero attached hydrogens (tertiary/aromatic N) is 2. The molecule has 45 heavy (non-hydrogen) atoms.